The van der Waals surface area contributed by atoms with Crippen LogP contribution in [0.25, 0.3) is 0 Å². The summed E-state index contributed by atoms with van der Waals surface area (Å²) in [4.78, 5) is 2.75. The Morgan fingerprint density at radius 2 is 1.82 bits per heavy atom. The molecule has 3 N–H and O–H groups in total. The maximum Gasteiger partial charge on any atom is 0.0578 e. The van der Waals surface area contributed by atoms with Crippen molar-refractivity contribution in [3.05, 3.63) is 23.8 Å². The summed E-state index contributed by atoms with van der Waals surface area (Å²) in [6, 6.07) is 6.82. The predicted molar refractivity (Wildman–Crippen MR) is 95.3 cm³/mol. The summed E-state index contributed by atoms with van der Waals surface area (Å²) >= 11 is 0. The van der Waals surface area contributed by atoms with E-state index in [-0.39, 0.29) is 0 Å². The first-order chi connectivity index (χ1) is 10.6. The highest BCUT2D eigenvalue weighted by molar-refractivity contribution is 5.67. The highest BCUT2D eigenvalue weighted by Gasteiger charge is 2.35. The molecule has 0 aromatic heterocycles. The molecule has 1 aromatic carbocycles. The van der Waals surface area contributed by atoms with Crippen LogP contribution in [0.2, 0.25) is 0 Å². The number of nitrogen functional groups attached to an aromatic ring is 1. The normalized spacial score (nSPS) is 23.4. The molecule has 0 unspecified atom stereocenters. The molecule has 122 valence electrons. The topological polar surface area (TPSA) is 41.3 Å². The molecule has 3 heteroatoms. The Kier molecular flexibility index (Phi) is 4.62. The maximum absolute atomic E-state index is 6.10. The van der Waals surface area contributed by atoms with Crippen LogP contribution < -0.4 is 11.1 Å². The molecule has 3 nitrogen and oxygen atoms in total. The molecule has 0 radical (unpaired) electrons. The van der Waals surface area contributed by atoms with Gasteiger partial charge in [0.15, 0.2) is 0 Å². The Hall–Kier alpha value is -1.22. The zero-order valence-corrected chi connectivity index (χ0v) is 14.2. The van der Waals surface area contributed by atoms with E-state index in [1.807, 2.05) is 6.07 Å². The van der Waals surface area contributed by atoms with Crippen LogP contribution in [0.5, 0.6) is 0 Å². The Balaban J connectivity index is 1.56. The van der Waals surface area contributed by atoms with Crippen LogP contribution in [-0.2, 0) is 0 Å². The molecular weight excluding hydrogens is 270 g/mol. The second kappa shape index (κ2) is 6.49. The lowest BCUT2D eigenvalue weighted by Crippen LogP contribution is -2.52. The van der Waals surface area contributed by atoms with E-state index in [0.717, 1.165) is 11.4 Å². The minimum atomic E-state index is 0.464. The Morgan fingerprint density at radius 3 is 2.50 bits per heavy atom. The number of nitrogens with two attached hydrogens (primary N) is 1. The quantitative estimate of drug-likeness (QED) is 0.823. The minimum Gasteiger partial charge on any atom is -0.397 e. The third-order valence-electron chi connectivity index (χ3n) is 5.76. The van der Waals surface area contributed by atoms with Crippen LogP contribution in [0.15, 0.2) is 18.2 Å². The van der Waals surface area contributed by atoms with Crippen LogP contribution in [0.4, 0.5) is 11.4 Å². The molecule has 1 aliphatic carbocycles. The predicted octanol–water partition coefficient (Wildman–Crippen LogP) is 4.18. The summed E-state index contributed by atoms with van der Waals surface area (Å²) in [7, 11) is 0. The number of rotatable bonds is 3. The number of nitrogens with zero attached hydrogens (tertiary/aromatic N) is 1. The summed E-state index contributed by atoms with van der Waals surface area (Å²) in [5.74, 6) is 0. The Morgan fingerprint density at radius 1 is 1.14 bits per heavy atom. The number of nitrogens with one attached hydrogen (secondary N) is 1. The van der Waals surface area contributed by atoms with Crippen LogP contribution in [0, 0.1) is 6.92 Å². The van der Waals surface area contributed by atoms with Gasteiger partial charge in [-0.25, -0.2) is 0 Å². The number of hydrogen-bond acceptors (Lipinski definition) is 3. The van der Waals surface area contributed by atoms with Crippen molar-refractivity contribution < 1.29 is 0 Å². The van der Waals surface area contributed by atoms with Crippen molar-refractivity contribution in [1.82, 2.24) is 4.90 Å². The molecular formula is C19H31N3. The van der Waals surface area contributed by atoms with Crippen molar-refractivity contribution in [1.29, 1.82) is 0 Å². The van der Waals surface area contributed by atoms with Gasteiger partial charge in [-0.1, -0.05) is 25.3 Å². The monoisotopic (exact) mass is 301 g/mol. The van der Waals surface area contributed by atoms with E-state index in [4.69, 9.17) is 5.73 Å². The van der Waals surface area contributed by atoms with Crippen LogP contribution in [-0.4, -0.2) is 29.6 Å². The van der Waals surface area contributed by atoms with Crippen molar-refractivity contribution in [2.75, 3.05) is 24.1 Å². The molecule has 0 bridgehead atoms. The lowest BCUT2D eigenvalue weighted by Gasteiger charge is -2.47. The summed E-state index contributed by atoms with van der Waals surface area (Å²) in [6.07, 6.45) is 9.47. The number of piperidine rings is 1. The van der Waals surface area contributed by atoms with E-state index in [1.54, 1.807) is 0 Å². The van der Waals surface area contributed by atoms with Gasteiger partial charge in [-0.05, 0) is 57.2 Å². The van der Waals surface area contributed by atoms with Gasteiger partial charge >= 0.3 is 0 Å². The van der Waals surface area contributed by atoms with Gasteiger partial charge in [-0.2, -0.15) is 0 Å². The van der Waals surface area contributed by atoms with Gasteiger partial charge in [-0.3, -0.25) is 4.90 Å². The zero-order chi connectivity index (χ0) is 15.6. The number of aryl methyl sites for hydroxylation is 1. The van der Waals surface area contributed by atoms with Crippen molar-refractivity contribution in [3.63, 3.8) is 0 Å². The van der Waals surface area contributed by atoms with Gasteiger partial charge in [0.2, 0.25) is 0 Å². The number of likely N-dealkylation sites (tertiary alicyclic amines) is 1. The molecule has 1 aliphatic heterocycles. The molecule has 1 saturated heterocycles. The molecule has 3 rings (SSSR count). The van der Waals surface area contributed by atoms with Crippen molar-refractivity contribution in [2.45, 2.75) is 70.4 Å². The minimum absolute atomic E-state index is 0.464. The summed E-state index contributed by atoms with van der Waals surface area (Å²) < 4.78 is 0. The fourth-order valence-corrected chi connectivity index (χ4v) is 4.21. The van der Waals surface area contributed by atoms with E-state index < -0.39 is 0 Å². The molecule has 22 heavy (non-hydrogen) atoms. The van der Waals surface area contributed by atoms with Gasteiger partial charge in [0, 0.05) is 24.7 Å². The molecule has 1 saturated carbocycles. The molecule has 1 aromatic rings. The van der Waals surface area contributed by atoms with Gasteiger partial charge in [-0.15, -0.1) is 0 Å². The SMILES string of the molecule is Cc1ccc(N)c(NC2CCN(C3(C)CCCCC3)CC2)c1. The summed E-state index contributed by atoms with van der Waals surface area (Å²) in [5.41, 5.74) is 9.81. The summed E-state index contributed by atoms with van der Waals surface area (Å²) in [5, 5.41) is 3.67. The highest BCUT2D eigenvalue weighted by atomic mass is 15.2. The average molecular weight is 301 g/mol. The number of benzene rings is 1. The third kappa shape index (κ3) is 3.40. The fourth-order valence-electron chi connectivity index (χ4n) is 4.21. The molecule has 2 aliphatic rings. The van der Waals surface area contributed by atoms with Gasteiger partial charge in [0.25, 0.3) is 0 Å². The van der Waals surface area contributed by atoms with Gasteiger partial charge < -0.3 is 11.1 Å². The van der Waals surface area contributed by atoms with Crippen molar-refractivity contribution in [2.24, 2.45) is 0 Å². The van der Waals surface area contributed by atoms with E-state index >= 15 is 0 Å². The average Bonchev–Trinajstić information content (AvgIpc) is 2.52. The molecule has 1 heterocycles. The van der Waals surface area contributed by atoms with Gasteiger partial charge in [0.1, 0.15) is 0 Å². The van der Waals surface area contributed by atoms with Crippen molar-refractivity contribution >= 4 is 11.4 Å². The highest BCUT2D eigenvalue weighted by Crippen LogP contribution is 2.35. The lowest BCUT2D eigenvalue weighted by molar-refractivity contribution is 0.0458. The molecule has 2 fully saturated rings. The van der Waals surface area contributed by atoms with Crippen molar-refractivity contribution in [3.8, 4) is 0 Å². The third-order valence-corrected chi connectivity index (χ3v) is 5.76. The molecule has 0 spiro atoms. The van der Waals surface area contributed by atoms with Crippen LogP contribution in [0.1, 0.15) is 57.4 Å². The standard InChI is InChI=1S/C19H31N3/c1-15-6-7-17(20)18(14-15)21-16-8-12-22(13-9-16)19(2)10-4-3-5-11-19/h6-7,14,16,21H,3-5,8-13,20H2,1-2H3. The summed E-state index contributed by atoms with van der Waals surface area (Å²) in [6.45, 7) is 7.05. The van der Waals surface area contributed by atoms with E-state index in [0.29, 0.717) is 11.6 Å². The van der Waals surface area contributed by atoms with E-state index in [9.17, 15) is 0 Å². The van der Waals surface area contributed by atoms with E-state index in [2.05, 4.69) is 36.2 Å². The maximum atomic E-state index is 6.10. The van der Waals surface area contributed by atoms with Crippen LogP contribution >= 0.6 is 0 Å². The number of hydrogen-bond donors (Lipinski definition) is 2. The Bertz CT molecular complexity index is 497. The zero-order valence-electron chi connectivity index (χ0n) is 14.2. The Labute approximate surface area is 135 Å². The number of anilines is 2. The molecule has 0 atom stereocenters. The first-order valence-corrected chi connectivity index (χ1v) is 8.95. The van der Waals surface area contributed by atoms with Gasteiger partial charge in [0.05, 0.1) is 11.4 Å². The first-order valence-electron chi connectivity index (χ1n) is 8.95. The molecule has 0 amide bonds. The first kappa shape index (κ1) is 15.7. The lowest BCUT2D eigenvalue weighted by atomic mass is 9.80. The second-order valence-corrected chi connectivity index (χ2v) is 7.55. The largest absolute Gasteiger partial charge is 0.397 e. The van der Waals surface area contributed by atoms with Crippen LogP contribution in [0.3, 0.4) is 0 Å². The van der Waals surface area contributed by atoms with E-state index in [1.165, 1.54) is 63.6 Å². The second-order valence-electron chi connectivity index (χ2n) is 7.55. The smallest absolute Gasteiger partial charge is 0.0578 e. The fraction of sp³-hybridized carbons (Fsp3) is 0.684.